The maximum absolute atomic E-state index is 13.3. The lowest BCUT2D eigenvalue weighted by molar-refractivity contribution is -0.137. The number of ether oxygens (including phenoxy) is 1. The van der Waals surface area contributed by atoms with Gasteiger partial charge in [0.1, 0.15) is 0 Å². The van der Waals surface area contributed by atoms with Crippen molar-refractivity contribution < 1.29 is 23.9 Å². The maximum Gasteiger partial charge on any atom is 0.330 e. The number of ketones is 2. The number of allylic oxidation sites excluding steroid dienone is 1. The number of Topliss-reactive ketones (excluding diaryl/α,β-unsaturated/α-hetero) is 2. The average molecular weight is 523 g/mol. The summed E-state index contributed by atoms with van der Waals surface area (Å²) >= 11 is 0. The topological polar surface area (TPSA) is 112 Å². The Hall–Kier alpha value is -3.81. The van der Waals surface area contributed by atoms with Crippen molar-refractivity contribution in [3.63, 3.8) is 0 Å². The van der Waals surface area contributed by atoms with Crippen LogP contribution >= 0.6 is 0 Å². The third-order valence-electron chi connectivity index (χ3n) is 5.94. The first-order valence-electron chi connectivity index (χ1n) is 13.1. The summed E-state index contributed by atoms with van der Waals surface area (Å²) in [6.07, 6.45) is 6.94. The molecular weight excluding hydrogens is 484 g/mol. The molecule has 0 saturated carbocycles. The number of rotatable bonds is 16. The summed E-state index contributed by atoms with van der Waals surface area (Å²) in [4.78, 5) is 62.9. The average Bonchev–Trinajstić information content (AvgIpc) is 2.88. The third-order valence-corrected chi connectivity index (χ3v) is 5.94. The van der Waals surface area contributed by atoms with E-state index in [0.29, 0.717) is 24.3 Å². The highest BCUT2D eigenvalue weighted by molar-refractivity contribution is 5.98. The summed E-state index contributed by atoms with van der Waals surface area (Å²) in [6.45, 7) is 6.13. The van der Waals surface area contributed by atoms with Crippen molar-refractivity contribution in [3.8, 4) is 0 Å². The molecule has 0 fully saturated rings. The highest BCUT2D eigenvalue weighted by Gasteiger charge is 2.22. The molecule has 38 heavy (non-hydrogen) atoms. The van der Waals surface area contributed by atoms with E-state index < -0.39 is 23.5 Å². The third kappa shape index (κ3) is 10.7. The summed E-state index contributed by atoms with van der Waals surface area (Å²) in [6, 6.07) is 10.9. The van der Waals surface area contributed by atoms with E-state index >= 15 is 0 Å². The van der Waals surface area contributed by atoms with Crippen LogP contribution in [0.4, 0.5) is 0 Å². The number of hydrogen-bond acceptors (Lipinski definition) is 6. The Kier molecular flexibility index (Phi) is 12.9. The predicted octanol–water partition coefficient (Wildman–Crippen LogP) is 4.05. The zero-order chi connectivity index (χ0) is 27.9. The van der Waals surface area contributed by atoms with Crippen molar-refractivity contribution in [2.45, 2.75) is 71.9 Å². The lowest BCUT2D eigenvalue weighted by Gasteiger charge is -2.17. The second-order valence-electron chi connectivity index (χ2n) is 9.56. The van der Waals surface area contributed by atoms with Crippen molar-refractivity contribution in [2.75, 3.05) is 6.61 Å². The van der Waals surface area contributed by atoms with Gasteiger partial charge in [-0.3, -0.25) is 19.2 Å². The summed E-state index contributed by atoms with van der Waals surface area (Å²) in [5.74, 6) is -0.742. The number of nitrogens with one attached hydrogen (secondary N) is 1. The number of carbonyl (C=O) groups is 4. The molecule has 1 atom stereocenters. The summed E-state index contributed by atoms with van der Waals surface area (Å²) in [5, 5.41) is 2.76. The largest absolute Gasteiger partial charge is 0.463 e. The second kappa shape index (κ2) is 16.1. The van der Waals surface area contributed by atoms with Gasteiger partial charge < -0.3 is 14.6 Å². The SMILES string of the molecule is CCOC(=O)/C=C/CC[C@H](NC(=O)c1ccccc1)C(=O)Cc1cccn(CC(=O)CCCC(C)C)c1=O. The number of pyridine rings is 1. The molecule has 1 N–H and O–H groups in total. The number of hydrogen-bond donors (Lipinski definition) is 1. The van der Waals surface area contributed by atoms with Gasteiger partial charge in [-0.2, -0.15) is 0 Å². The number of nitrogens with zero attached hydrogens (tertiary/aromatic N) is 1. The van der Waals surface area contributed by atoms with E-state index in [2.05, 4.69) is 19.2 Å². The minimum Gasteiger partial charge on any atom is -0.463 e. The lowest BCUT2D eigenvalue weighted by Crippen LogP contribution is -2.42. The molecular formula is C30H38N2O6. The van der Waals surface area contributed by atoms with Crippen molar-refractivity contribution >= 4 is 23.4 Å². The van der Waals surface area contributed by atoms with Crippen LogP contribution in [-0.2, 0) is 32.1 Å². The van der Waals surface area contributed by atoms with Gasteiger partial charge in [0.2, 0.25) is 0 Å². The van der Waals surface area contributed by atoms with E-state index in [1.807, 2.05) is 0 Å². The minimum atomic E-state index is -0.875. The monoisotopic (exact) mass is 522 g/mol. The van der Waals surface area contributed by atoms with Gasteiger partial charge in [0.15, 0.2) is 11.6 Å². The number of benzene rings is 1. The van der Waals surface area contributed by atoms with E-state index in [9.17, 15) is 24.0 Å². The molecule has 1 heterocycles. The molecule has 2 rings (SSSR count). The first-order chi connectivity index (χ1) is 18.2. The Bertz CT molecular complexity index is 1170. The van der Waals surface area contributed by atoms with Crippen LogP contribution in [0.2, 0.25) is 0 Å². The van der Waals surface area contributed by atoms with E-state index in [0.717, 1.165) is 12.8 Å². The number of amides is 1. The Morgan fingerprint density at radius 2 is 1.76 bits per heavy atom. The molecule has 8 heteroatoms. The Morgan fingerprint density at radius 3 is 2.45 bits per heavy atom. The summed E-state index contributed by atoms with van der Waals surface area (Å²) in [7, 11) is 0. The predicted molar refractivity (Wildman–Crippen MR) is 146 cm³/mol. The molecule has 1 aromatic carbocycles. The standard InChI is InChI=1S/C30H38N2O6/c1-4-38-28(35)18-9-8-17-26(31-29(36)23-13-6-5-7-14-23)27(34)20-24-15-11-19-32(30(24)37)21-25(33)16-10-12-22(2)3/h5-7,9,11,13-15,18-19,22,26H,4,8,10,12,16-17,20-21H2,1-3H3,(H,31,36)/b18-9+/t26-/m0/s1. The van der Waals surface area contributed by atoms with Crippen LogP contribution in [0.25, 0.3) is 0 Å². The van der Waals surface area contributed by atoms with Crippen LogP contribution in [0.15, 0.2) is 65.6 Å². The molecule has 0 bridgehead atoms. The maximum atomic E-state index is 13.3. The fraction of sp³-hybridized carbons (Fsp3) is 0.433. The number of esters is 1. The zero-order valence-electron chi connectivity index (χ0n) is 22.5. The van der Waals surface area contributed by atoms with Crippen LogP contribution in [0.5, 0.6) is 0 Å². The second-order valence-corrected chi connectivity index (χ2v) is 9.56. The van der Waals surface area contributed by atoms with Gasteiger partial charge in [-0.05, 0) is 50.3 Å². The van der Waals surface area contributed by atoms with E-state index in [1.54, 1.807) is 61.7 Å². The fourth-order valence-electron chi connectivity index (χ4n) is 3.91. The molecule has 0 aliphatic heterocycles. The van der Waals surface area contributed by atoms with Gasteiger partial charge in [-0.25, -0.2) is 4.79 Å². The van der Waals surface area contributed by atoms with Gasteiger partial charge in [-0.1, -0.05) is 50.6 Å². The molecule has 8 nitrogen and oxygen atoms in total. The molecule has 0 aliphatic carbocycles. The van der Waals surface area contributed by atoms with Gasteiger partial charge >= 0.3 is 5.97 Å². The van der Waals surface area contributed by atoms with Crippen molar-refractivity contribution in [2.24, 2.45) is 5.92 Å². The number of carbonyl (C=O) groups excluding carboxylic acids is 4. The highest BCUT2D eigenvalue weighted by atomic mass is 16.5. The first kappa shape index (κ1) is 30.4. The summed E-state index contributed by atoms with van der Waals surface area (Å²) in [5.41, 5.74) is 0.271. The van der Waals surface area contributed by atoms with Crippen molar-refractivity contribution in [3.05, 3.63) is 82.3 Å². The Balaban J connectivity index is 2.12. The highest BCUT2D eigenvalue weighted by Crippen LogP contribution is 2.09. The van der Waals surface area contributed by atoms with E-state index in [1.165, 1.54) is 10.6 Å². The molecule has 1 amide bonds. The van der Waals surface area contributed by atoms with Gasteiger partial charge in [0, 0.05) is 36.2 Å². The molecule has 0 spiro atoms. The normalized spacial score (nSPS) is 11.9. The molecule has 204 valence electrons. The van der Waals surface area contributed by atoms with E-state index in [-0.39, 0.29) is 43.1 Å². The Morgan fingerprint density at radius 1 is 1.03 bits per heavy atom. The lowest BCUT2D eigenvalue weighted by atomic mass is 10.00. The van der Waals surface area contributed by atoms with Gasteiger partial charge in [0.25, 0.3) is 11.5 Å². The van der Waals surface area contributed by atoms with Crippen LogP contribution in [0, 0.1) is 5.92 Å². The molecule has 2 aromatic rings. The molecule has 0 saturated heterocycles. The van der Waals surface area contributed by atoms with Crippen molar-refractivity contribution in [1.82, 2.24) is 9.88 Å². The quantitative estimate of drug-likeness (QED) is 0.263. The first-order valence-corrected chi connectivity index (χ1v) is 13.1. The van der Waals surface area contributed by atoms with Gasteiger partial charge in [-0.15, -0.1) is 0 Å². The van der Waals surface area contributed by atoms with Crippen LogP contribution in [0.3, 0.4) is 0 Å². The van der Waals surface area contributed by atoms with Gasteiger partial charge in [0.05, 0.1) is 19.2 Å². The Labute approximate surface area is 224 Å². The minimum absolute atomic E-state index is 0.0300. The molecule has 1 aromatic heterocycles. The van der Waals surface area contributed by atoms with Crippen LogP contribution in [-0.4, -0.2) is 40.7 Å². The smallest absolute Gasteiger partial charge is 0.330 e. The molecule has 0 unspecified atom stereocenters. The molecule has 0 aliphatic rings. The van der Waals surface area contributed by atoms with Crippen molar-refractivity contribution in [1.29, 1.82) is 0 Å². The summed E-state index contributed by atoms with van der Waals surface area (Å²) < 4.78 is 6.19. The fourth-order valence-corrected chi connectivity index (χ4v) is 3.91. The van der Waals surface area contributed by atoms with Crippen LogP contribution in [0.1, 0.15) is 68.8 Å². The van der Waals surface area contributed by atoms with E-state index in [4.69, 9.17) is 4.74 Å². The zero-order valence-corrected chi connectivity index (χ0v) is 22.5. The number of aromatic nitrogens is 1. The van der Waals surface area contributed by atoms with Crippen LogP contribution < -0.4 is 10.9 Å². The molecule has 0 radical (unpaired) electrons.